The van der Waals surface area contributed by atoms with Gasteiger partial charge in [-0.3, -0.25) is 0 Å². The van der Waals surface area contributed by atoms with Gasteiger partial charge in [-0.2, -0.15) is 0 Å². The summed E-state index contributed by atoms with van der Waals surface area (Å²) < 4.78 is 0. The molecule has 0 aliphatic heterocycles. The molecule has 0 heterocycles. The van der Waals surface area contributed by atoms with Crippen LogP contribution in [0.1, 0.15) is 211 Å². The standard InChI is InChI=1S/2C16H14.6C14H10.12C2H6.3CH4/c1-11-13-7-3-5-9-15(13)12(2)16-10-6-4-8-14(11)16;1-11-12(2)14-8-4-6-10-16(14)15-9-5-3-7-13(11)15;3*1-3-7-13-11(5-1)9-10-12-6-2-4-8-14(12)13;3*1-2-6-12-10-14-8-4-3-7-13(14)9-11(12)5-1;12*1-2;;;/h2*3-10H,1-2H3;6*1-10H;12*1-2H3;3*1H4. The van der Waals surface area contributed by atoms with E-state index in [1.54, 1.807) is 0 Å². The molecular weight excluding hydrogens is 1720 g/mol. The SMILES string of the molecule is C.C.C.CC.CC.CC.CC.CC.CC.CC.CC.CC.CC.CC.CC.Cc1c(C)c2ccccc2c2ccccc12.Cc1c2ccccc2c(C)c2ccccc12.c1ccc2c(c1)ccc1ccccc12.c1ccc2c(c1)ccc1ccccc12.c1ccc2c(c1)ccc1ccccc12.c1ccc2cc3ccccc3cc2c1.c1ccc2cc3ccccc3cc2c1.c1ccc2cc3ccccc3cc2c1. The zero-order chi connectivity index (χ0) is 103. The molecule has 0 aromatic heterocycles. The maximum absolute atomic E-state index is 2.24. The minimum Gasteiger partial charge on any atom is -0.0776 e. The Kier molecular flexibility index (Phi) is 61.8. The summed E-state index contributed by atoms with van der Waals surface area (Å²) in [5.74, 6) is 0. The second-order valence-electron chi connectivity index (χ2n) is 29.8. The fourth-order valence-electron chi connectivity index (χ4n) is 16.6. The van der Waals surface area contributed by atoms with Crippen LogP contribution in [0.4, 0.5) is 0 Å². The summed E-state index contributed by atoms with van der Waals surface area (Å²) >= 11 is 0. The molecule has 0 nitrogen and oxygen atoms in total. The molecule has 0 unspecified atom stereocenters. The number of aryl methyl sites for hydroxylation is 4. The van der Waals surface area contributed by atoms with Gasteiger partial charge in [-0.1, -0.05) is 613 Å². The monoisotopic (exact) mass is 1890 g/mol. The van der Waals surface area contributed by atoms with Gasteiger partial charge in [0.1, 0.15) is 0 Å². The molecule has 0 saturated heterocycles. The Balaban J connectivity index is 0.000000534. The molecule has 24 aromatic carbocycles. The average molecular weight is 1890 g/mol. The largest absolute Gasteiger partial charge is 0.0776 e. The normalized spacial score (nSPS) is 9.37. The lowest BCUT2D eigenvalue weighted by Crippen LogP contribution is -1.87. The van der Waals surface area contributed by atoms with Crippen molar-refractivity contribution >= 4 is 172 Å². The Morgan fingerprint density at radius 3 is 0.287 bits per heavy atom. The van der Waals surface area contributed by atoms with Crippen molar-refractivity contribution in [2.45, 2.75) is 216 Å². The van der Waals surface area contributed by atoms with Crippen LogP contribution in [-0.2, 0) is 0 Å². The fraction of sp³-hybridized carbons (Fsp3) is 0.217. The molecule has 24 aromatic rings. The van der Waals surface area contributed by atoms with Gasteiger partial charge in [0, 0.05) is 0 Å². The maximum Gasteiger partial charge on any atom is -0.0103 e. The second kappa shape index (κ2) is 71.0. The van der Waals surface area contributed by atoms with E-state index in [0.717, 1.165) is 0 Å². The summed E-state index contributed by atoms with van der Waals surface area (Å²) in [5, 5.41) is 42.6. The van der Waals surface area contributed by atoms with Crippen LogP contribution in [0.3, 0.4) is 0 Å². The van der Waals surface area contributed by atoms with E-state index in [9.17, 15) is 0 Å². The van der Waals surface area contributed by atoms with Crippen LogP contribution in [0.25, 0.3) is 172 Å². The van der Waals surface area contributed by atoms with Crippen LogP contribution in [0, 0.1) is 27.7 Å². The molecular formula is C143H172. The predicted octanol–water partition coefficient (Wildman–Crippen LogP) is 47.4. The first-order valence-electron chi connectivity index (χ1n) is 52.2. The van der Waals surface area contributed by atoms with Gasteiger partial charge in [-0.15, -0.1) is 0 Å². The van der Waals surface area contributed by atoms with Gasteiger partial charge in [0.2, 0.25) is 0 Å². The summed E-state index contributed by atoms with van der Waals surface area (Å²) in [6.45, 7) is 56.8. The maximum atomic E-state index is 2.24. The highest BCUT2D eigenvalue weighted by molar-refractivity contribution is 6.13. The van der Waals surface area contributed by atoms with Crippen molar-refractivity contribution in [1.29, 1.82) is 0 Å². The molecule has 744 valence electrons. The molecule has 0 amide bonds. The Morgan fingerprint density at radius 2 is 0.168 bits per heavy atom. The number of hydrogen-bond donors (Lipinski definition) is 0. The molecule has 0 fully saturated rings. The van der Waals surface area contributed by atoms with Crippen molar-refractivity contribution in [2.24, 2.45) is 0 Å². The van der Waals surface area contributed by atoms with Gasteiger partial charge in [0.05, 0.1) is 0 Å². The predicted molar refractivity (Wildman–Crippen MR) is 667 cm³/mol. The van der Waals surface area contributed by atoms with Crippen LogP contribution in [0.5, 0.6) is 0 Å². The molecule has 24 rings (SSSR count). The van der Waals surface area contributed by atoms with E-state index in [1.807, 2.05) is 166 Å². The smallest absolute Gasteiger partial charge is 0.0103 e. The molecule has 0 heteroatoms. The van der Waals surface area contributed by atoms with Crippen molar-refractivity contribution in [3.63, 3.8) is 0 Å². The van der Waals surface area contributed by atoms with E-state index in [1.165, 1.54) is 195 Å². The lowest BCUT2D eigenvalue weighted by atomic mass is 9.93. The van der Waals surface area contributed by atoms with Gasteiger partial charge in [-0.05, 0) is 259 Å². The lowest BCUT2D eigenvalue weighted by Gasteiger charge is -2.11. The third kappa shape index (κ3) is 33.6. The van der Waals surface area contributed by atoms with E-state index >= 15 is 0 Å². The molecule has 0 atom stereocenters. The Bertz CT molecular complexity index is 6400. The zero-order valence-corrected chi connectivity index (χ0v) is 89.9. The number of hydrogen-bond acceptors (Lipinski definition) is 0. The van der Waals surface area contributed by atoms with Crippen LogP contribution in [0.15, 0.2) is 461 Å². The van der Waals surface area contributed by atoms with Crippen LogP contribution >= 0.6 is 0 Å². The quantitative estimate of drug-likeness (QED) is 0.105. The van der Waals surface area contributed by atoms with Gasteiger partial charge in [0.25, 0.3) is 0 Å². The van der Waals surface area contributed by atoms with Gasteiger partial charge in [-0.25, -0.2) is 0 Å². The van der Waals surface area contributed by atoms with Crippen LogP contribution < -0.4 is 0 Å². The first kappa shape index (κ1) is 125. The second-order valence-corrected chi connectivity index (χ2v) is 29.8. The molecule has 143 heavy (non-hydrogen) atoms. The summed E-state index contributed by atoms with van der Waals surface area (Å²) in [6.07, 6.45) is 0. The molecule has 0 saturated carbocycles. The minimum absolute atomic E-state index is 0. The number of benzene rings is 24. The molecule has 0 bridgehead atoms. The fourth-order valence-corrected chi connectivity index (χ4v) is 16.6. The van der Waals surface area contributed by atoms with E-state index < -0.39 is 0 Å². The minimum atomic E-state index is 0. The molecule has 0 aliphatic carbocycles. The lowest BCUT2D eigenvalue weighted by molar-refractivity contribution is 1.41. The third-order valence-electron chi connectivity index (χ3n) is 22.8. The highest BCUT2D eigenvalue weighted by Crippen LogP contribution is 2.35. The summed E-state index contributed by atoms with van der Waals surface area (Å²) in [5.41, 5.74) is 5.57. The topological polar surface area (TPSA) is 0 Å². The van der Waals surface area contributed by atoms with E-state index in [0.29, 0.717) is 0 Å². The number of rotatable bonds is 0. The highest BCUT2D eigenvalue weighted by Gasteiger charge is 2.10. The molecule has 0 spiro atoms. The summed E-state index contributed by atoms with van der Waals surface area (Å²) in [6, 6.07) is 163. The highest BCUT2D eigenvalue weighted by atomic mass is 14.1. The zero-order valence-electron chi connectivity index (χ0n) is 89.9. The first-order valence-corrected chi connectivity index (χ1v) is 52.2. The van der Waals surface area contributed by atoms with E-state index in [4.69, 9.17) is 0 Å². The Morgan fingerprint density at radius 1 is 0.0839 bits per heavy atom. The first-order chi connectivity index (χ1) is 69.2. The van der Waals surface area contributed by atoms with Crippen LogP contribution in [-0.4, -0.2) is 0 Å². The van der Waals surface area contributed by atoms with Crippen molar-refractivity contribution in [3.05, 3.63) is 483 Å². The summed E-state index contributed by atoms with van der Waals surface area (Å²) in [4.78, 5) is 0. The van der Waals surface area contributed by atoms with Crippen molar-refractivity contribution in [2.75, 3.05) is 0 Å². The Hall–Kier alpha value is -14.6. The van der Waals surface area contributed by atoms with Gasteiger partial charge < -0.3 is 0 Å². The van der Waals surface area contributed by atoms with Crippen molar-refractivity contribution in [1.82, 2.24) is 0 Å². The Labute approximate surface area is 865 Å². The van der Waals surface area contributed by atoms with Crippen LogP contribution in [0.2, 0.25) is 0 Å². The third-order valence-corrected chi connectivity index (χ3v) is 22.8. The number of fused-ring (bicyclic) bond motifs is 20. The van der Waals surface area contributed by atoms with Crippen molar-refractivity contribution in [3.8, 4) is 0 Å². The molecule has 0 N–H and O–H groups in total. The average Bonchev–Trinajstić information content (AvgIpc) is 0.760. The molecule has 0 aliphatic rings. The van der Waals surface area contributed by atoms with Crippen molar-refractivity contribution < 1.29 is 0 Å². The van der Waals surface area contributed by atoms with Gasteiger partial charge in [0.15, 0.2) is 0 Å². The van der Waals surface area contributed by atoms with Gasteiger partial charge >= 0.3 is 0 Å². The summed E-state index contributed by atoms with van der Waals surface area (Å²) in [7, 11) is 0. The van der Waals surface area contributed by atoms with E-state index in [2.05, 4.69) is 489 Å². The molecule has 0 radical (unpaired) electrons. The van der Waals surface area contributed by atoms with E-state index in [-0.39, 0.29) is 22.3 Å².